The number of hydrogen-bond acceptors (Lipinski definition) is 5. The molecule has 1 aliphatic rings. The number of methoxy groups -OCH3 is 2. The van der Waals surface area contributed by atoms with Crippen molar-refractivity contribution in [2.45, 2.75) is 30.8 Å². The molecule has 0 aromatic heterocycles. The molecule has 33 heavy (non-hydrogen) atoms. The van der Waals surface area contributed by atoms with Crippen molar-refractivity contribution >= 4 is 10.0 Å². The molecule has 1 atom stereocenters. The summed E-state index contributed by atoms with van der Waals surface area (Å²) >= 11 is 0. The second-order valence-corrected chi connectivity index (χ2v) is 10.0. The molecule has 7 heteroatoms. The summed E-state index contributed by atoms with van der Waals surface area (Å²) in [6.07, 6.45) is 0.851. The predicted octanol–water partition coefficient (Wildman–Crippen LogP) is 4.09. The number of benzene rings is 3. The minimum atomic E-state index is -3.63. The van der Waals surface area contributed by atoms with Crippen molar-refractivity contribution in [2.24, 2.45) is 0 Å². The van der Waals surface area contributed by atoms with Crippen molar-refractivity contribution in [3.63, 3.8) is 0 Å². The molecule has 1 heterocycles. The zero-order valence-electron chi connectivity index (χ0n) is 19.2. The molecule has 0 saturated heterocycles. The molecule has 0 fully saturated rings. The van der Waals surface area contributed by atoms with Crippen molar-refractivity contribution in [2.75, 3.05) is 27.3 Å². The van der Waals surface area contributed by atoms with E-state index >= 15 is 0 Å². The average Bonchev–Trinajstić information content (AvgIpc) is 2.84. The molecule has 1 N–H and O–H groups in total. The molecule has 0 bridgehead atoms. The Balaban J connectivity index is 1.68. The lowest BCUT2D eigenvalue weighted by molar-refractivity contribution is 0.176. The van der Waals surface area contributed by atoms with E-state index in [0.29, 0.717) is 11.5 Å². The molecule has 174 valence electrons. The molecule has 0 unspecified atom stereocenters. The Morgan fingerprint density at radius 1 is 0.970 bits per heavy atom. The first-order chi connectivity index (χ1) is 15.9. The largest absolute Gasteiger partial charge is 0.493 e. The third-order valence-electron chi connectivity index (χ3n) is 6.27. The van der Waals surface area contributed by atoms with Crippen LogP contribution in [0.25, 0.3) is 0 Å². The van der Waals surface area contributed by atoms with E-state index in [2.05, 4.69) is 28.7 Å². The van der Waals surface area contributed by atoms with Crippen LogP contribution in [0.1, 0.15) is 28.3 Å². The number of sulfonamides is 1. The lowest BCUT2D eigenvalue weighted by Gasteiger charge is -2.38. The monoisotopic (exact) mass is 466 g/mol. The first kappa shape index (κ1) is 23.3. The number of hydrogen-bond donors (Lipinski definition) is 1. The number of nitrogens with zero attached hydrogens (tertiary/aromatic N) is 1. The van der Waals surface area contributed by atoms with Gasteiger partial charge in [0.1, 0.15) is 0 Å². The Bertz CT molecular complexity index is 1210. The first-order valence-corrected chi connectivity index (χ1v) is 12.5. The topological polar surface area (TPSA) is 67.9 Å². The molecule has 0 saturated carbocycles. The van der Waals surface area contributed by atoms with E-state index in [1.54, 1.807) is 44.6 Å². The van der Waals surface area contributed by atoms with Crippen LogP contribution in [0, 0.1) is 6.92 Å². The molecule has 0 aliphatic carbocycles. The van der Waals surface area contributed by atoms with Crippen molar-refractivity contribution in [1.29, 1.82) is 0 Å². The molecule has 0 radical (unpaired) electrons. The number of fused-ring (bicyclic) bond motifs is 1. The van der Waals surface area contributed by atoms with E-state index in [1.165, 1.54) is 11.1 Å². The predicted molar refractivity (Wildman–Crippen MR) is 129 cm³/mol. The first-order valence-electron chi connectivity index (χ1n) is 11.0. The summed E-state index contributed by atoms with van der Waals surface area (Å²) in [5, 5.41) is 0. The minimum absolute atomic E-state index is 0.147. The Morgan fingerprint density at radius 2 is 1.64 bits per heavy atom. The van der Waals surface area contributed by atoms with Gasteiger partial charge >= 0.3 is 0 Å². The van der Waals surface area contributed by atoms with Crippen LogP contribution >= 0.6 is 0 Å². The van der Waals surface area contributed by atoms with Gasteiger partial charge in [0.25, 0.3) is 0 Å². The second-order valence-electron chi connectivity index (χ2n) is 8.23. The molecular formula is C26H30N2O4S. The average molecular weight is 467 g/mol. The van der Waals surface area contributed by atoms with Gasteiger partial charge in [-0.05, 0) is 59.9 Å². The lowest BCUT2D eigenvalue weighted by atomic mass is 9.91. The minimum Gasteiger partial charge on any atom is -0.493 e. The highest BCUT2D eigenvalue weighted by molar-refractivity contribution is 7.89. The van der Waals surface area contributed by atoms with Crippen LogP contribution in [0.3, 0.4) is 0 Å². The summed E-state index contributed by atoms with van der Waals surface area (Å²) in [5.74, 6) is 1.33. The highest BCUT2D eigenvalue weighted by Gasteiger charge is 2.30. The van der Waals surface area contributed by atoms with Crippen LogP contribution < -0.4 is 14.2 Å². The summed E-state index contributed by atoms with van der Waals surface area (Å²) in [6.45, 7) is 3.91. The smallest absolute Gasteiger partial charge is 0.240 e. The van der Waals surface area contributed by atoms with Crippen molar-refractivity contribution in [1.82, 2.24) is 9.62 Å². The maximum atomic E-state index is 13.0. The van der Waals surface area contributed by atoms with E-state index in [-0.39, 0.29) is 17.5 Å². The summed E-state index contributed by atoms with van der Waals surface area (Å²) in [4.78, 5) is 2.60. The molecule has 3 aromatic carbocycles. The van der Waals surface area contributed by atoms with Crippen LogP contribution in [0.4, 0.5) is 0 Å². The zero-order chi connectivity index (χ0) is 23.4. The number of nitrogens with one attached hydrogen (secondary N) is 1. The molecule has 0 amide bonds. The van der Waals surface area contributed by atoms with E-state index in [1.807, 2.05) is 24.3 Å². The fourth-order valence-electron chi connectivity index (χ4n) is 4.39. The van der Waals surface area contributed by atoms with Crippen LogP contribution in [-0.4, -0.2) is 40.6 Å². The molecule has 0 spiro atoms. The van der Waals surface area contributed by atoms with Gasteiger partial charge in [-0.3, -0.25) is 4.90 Å². The van der Waals surface area contributed by atoms with Gasteiger partial charge in [-0.15, -0.1) is 0 Å². The maximum absolute atomic E-state index is 13.0. The quantitative estimate of drug-likeness (QED) is 0.542. The summed E-state index contributed by atoms with van der Waals surface area (Å²) in [7, 11) is -0.383. The Morgan fingerprint density at radius 3 is 2.33 bits per heavy atom. The molecule has 3 aromatic rings. The van der Waals surface area contributed by atoms with Gasteiger partial charge in [0.05, 0.1) is 19.1 Å². The Hall–Kier alpha value is -2.87. The van der Waals surface area contributed by atoms with Gasteiger partial charge in [0.15, 0.2) is 11.5 Å². The SMILES string of the molecule is COc1cc2c(cc1OC)[C@H](CNS(=O)(=O)c1ccccc1)N(Cc1ccccc1C)CC2. The third-order valence-corrected chi connectivity index (χ3v) is 7.71. The molecule has 6 nitrogen and oxygen atoms in total. The van der Waals surface area contributed by atoms with Crippen molar-refractivity contribution in [3.8, 4) is 11.5 Å². The fraction of sp³-hybridized carbons (Fsp3) is 0.308. The molecule has 4 rings (SSSR count). The highest BCUT2D eigenvalue weighted by atomic mass is 32.2. The summed E-state index contributed by atoms with van der Waals surface area (Å²) < 4.78 is 39.8. The number of ether oxygens (including phenoxy) is 2. The van der Waals surface area contributed by atoms with Gasteiger partial charge in [0, 0.05) is 25.7 Å². The highest BCUT2D eigenvalue weighted by Crippen LogP contribution is 2.38. The summed E-state index contributed by atoms with van der Waals surface area (Å²) in [5.41, 5.74) is 4.66. The molecular weight excluding hydrogens is 436 g/mol. The van der Waals surface area contributed by atoms with E-state index in [9.17, 15) is 8.42 Å². The number of rotatable bonds is 8. The van der Waals surface area contributed by atoms with Gasteiger partial charge in [-0.2, -0.15) is 0 Å². The van der Waals surface area contributed by atoms with E-state index in [4.69, 9.17) is 9.47 Å². The normalized spacial score (nSPS) is 16.3. The van der Waals surface area contributed by atoms with Crippen LogP contribution in [0.15, 0.2) is 71.6 Å². The van der Waals surface area contributed by atoms with Gasteiger partial charge in [-0.25, -0.2) is 13.1 Å². The fourth-order valence-corrected chi connectivity index (χ4v) is 5.45. The van der Waals surface area contributed by atoms with Crippen LogP contribution in [0.2, 0.25) is 0 Å². The second kappa shape index (κ2) is 9.95. The zero-order valence-corrected chi connectivity index (χ0v) is 20.1. The van der Waals surface area contributed by atoms with Crippen LogP contribution in [0.5, 0.6) is 11.5 Å². The maximum Gasteiger partial charge on any atom is 0.240 e. The van der Waals surface area contributed by atoms with E-state index in [0.717, 1.165) is 30.6 Å². The summed E-state index contributed by atoms with van der Waals surface area (Å²) in [6, 6.07) is 20.6. The van der Waals surface area contributed by atoms with Crippen molar-refractivity contribution in [3.05, 3.63) is 89.0 Å². The van der Waals surface area contributed by atoms with E-state index < -0.39 is 10.0 Å². The van der Waals surface area contributed by atoms with Crippen molar-refractivity contribution < 1.29 is 17.9 Å². The standard InChI is InChI=1S/C26H30N2O4S/c1-19-9-7-8-10-21(19)18-28-14-13-20-15-25(31-2)26(32-3)16-23(20)24(28)17-27-33(29,30)22-11-5-4-6-12-22/h4-12,15-16,24,27H,13-14,17-18H2,1-3H3/t24-/m0/s1. The molecule has 1 aliphatic heterocycles. The third kappa shape index (κ3) is 5.05. The Kier molecular flexibility index (Phi) is 7.02. The van der Waals surface area contributed by atoms with Crippen LogP contribution in [-0.2, 0) is 23.0 Å². The lowest BCUT2D eigenvalue weighted by Crippen LogP contribution is -2.41. The Labute approximate surface area is 196 Å². The van der Waals surface area contributed by atoms with Gasteiger partial charge in [-0.1, -0.05) is 42.5 Å². The van der Waals surface area contributed by atoms with Gasteiger partial charge in [0.2, 0.25) is 10.0 Å². The number of aryl methyl sites for hydroxylation is 1. The van der Waals surface area contributed by atoms with Gasteiger partial charge < -0.3 is 9.47 Å².